The summed E-state index contributed by atoms with van der Waals surface area (Å²) in [5.74, 6) is -0.165. The predicted octanol–water partition coefficient (Wildman–Crippen LogP) is 0.713. The van der Waals surface area contributed by atoms with E-state index in [9.17, 15) is 9.59 Å². The number of nitrogens with one attached hydrogen (secondary N) is 1. The van der Waals surface area contributed by atoms with Crippen LogP contribution in [0.2, 0.25) is 0 Å². The second-order valence-corrected chi connectivity index (χ2v) is 5.51. The molecule has 0 atom stereocenters. The van der Waals surface area contributed by atoms with Crippen molar-refractivity contribution in [1.29, 1.82) is 0 Å². The second-order valence-electron chi connectivity index (χ2n) is 4.57. The molecule has 0 radical (unpaired) electrons. The third-order valence-electron chi connectivity index (χ3n) is 2.89. The van der Waals surface area contributed by atoms with Gasteiger partial charge in [-0.05, 0) is 13.8 Å². The third kappa shape index (κ3) is 3.30. The Morgan fingerprint density at radius 2 is 2.20 bits per heavy atom. The van der Waals surface area contributed by atoms with Gasteiger partial charge < -0.3 is 9.88 Å². The molecule has 0 unspecified atom stereocenters. The molecule has 0 aromatic carbocycles. The first-order valence-corrected chi connectivity index (χ1v) is 7.04. The minimum atomic E-state index is -0.165. The van der Waals surface area contributed by atoms with Gasteiger partial charge in [-0.2, -0.15) is 0 Å². The monoisotopic (exact) mass is 292 g/mol. The van der Waals surface area contributed by atoms with Crippen molar-refractivity contribution < 1.29 is 4.79 Å². The number of thiazole rings is 1. The molecular weight excluding hydrogens is 276 g/mol. The van der Waals surface area contributed by atoms with Gasteiger partial charge in [0, 0.05) is 23.7 Å². The molecule has 0 fully saturated rings. The number of hydrogen-bond donors (Lipinski definition) is 1. The molecule has 0 aliphatic heterocycles. The molecule has 2 rings (SSSR count). The highest BCUT2D eigenvalue weighted by Crippen LogP contribution is 2.08. The summed E-state index contributed by atoms with van der Waals surface area (Å²) < 4.78 is 1.40. The summed E-state index contributed by atoms with van der Waals surface area (Å²) in [5, 5.41) is 5.59. The third-order valence-corrected chi connectivity index (χ3v) is 3.86. The van der Waals surface area contributed by atoms with Gasteiger partial charge in [-0.15, -0.1) is 11.3 Å². The molecule has 2 aromatic rings. The minimum absolute atomic E-state index is 0.103. The van der Waals surface area contributed by atoms with Crippen LogP contribution in [0.25, 0.3) is 0 Å². The molecule has 106 valence electrons. The van der Waals surface area contributed by atoms with E-state index in [1.165, 1.54) is 22.2 Å². The number of aryl methyl sites for hydroxylation is 2. The van der Waals surface area contributed by atoms with E-state index in [0.29, 0.717) is 17.8 Å². The highest BCUT2D eigenvalue weighted by molar-refractivity contribution is 7.09. The Hall–Kier alpha value is -2.02. The summed E-state index contributed by atoms with van der Waals surface area (Å²) in [6, 6.07) is 0. The Balaban J connectivity index is 1.98. The van der Waals surface area contributed by atoms with Crippen LogP contribution in [0.15, 0.2) is 16.5 Å². The Morgan fingerprint density at radius 1 is 1.45 bits per heavy atom. The Kier molecular flexibility index (Phi) is 4.29. The number of aromatic nitrogens is 3. The Morgan fingerprint density at radius 3 is 2.85 bits per heavy atom. The van der Waals surface area contributed by atoms with E-state index in [0.717, 1.165) is 10.7 Å². The molecule has 0 saturated heterocycles. The van der Waals surface area contributed by atoms with Crippen molar-refractivity contribution in [1.82, 2.24) is 19.9 Å². The highest BCUT2D eigenvalue weighted by atomic mass is 32.1. The quantitative estimate of drug-likeness (QED) is 0.900. The van der Waals surface area contributed by atoms with Crippen LogP contribution < -0.4 is 10.9 Å². The van der Waals surface area contributed by atoms with Gasteiger partial charge in [0.15, 0.2) is 0 Å². The van der Waals surface area contributed by atoms with E-state index in [1.54, 1.807) is 14.0 Å². The fourth-order valence-corrected chi connectivity index (χ4v) is 2.46. The summed E-state index contributed by atoms with van der Waals surface area (Å²) >= 11 is 1.51. The van der Waals surface area contributed by atoms with Gasteiger partial charge in [0.25, 0.3) is 5.56 Å². The zero-order chi connectivity index (χ0) is 14.7. The second kappa shape index (κ2) is 5.96. The fourth-order valence-electron chi connectivity index (χ4n) is 1.74. The number of hydrogen-bond acceptors (Lipinski definition) is 5. The predicted molar refractivity (Wildman–Crippen MR) is 76.6 cm³/mol. The molecular formula is C13H16N4O2S. The molecule has 1 amide bonds. The van der Waals surface area contributed by atoms with Crippen molar-refractivity contribution in [2.24, 2.45) is 7.05 Å². The number of carbonyl (C=O) groups is 1. The van der Waals surface area contributed by atoms with E-state index >= 15 is 0 Å². The lowest BCUT2D eigenvalue weighted by Gasteiger charge is -2.06. The van der Waals surface area contributed by atoms with E-state index in [4.69, 9.17) is 0 Å². The first kappa shape index (κ1) is 14.4. The molecule has 7 heteroatoms. The maximum absolute atomic E-state index is 11.9. The van der Waals surface area contributed by atoms with Gasteiger partial charge in [-0.3, -0.25) is 9.59 Å². The van der Waals surface area contributed by atoms with Gasteiger partial charge in [0.2, 0.25) is 5.91 Å². The standard InChI is InChI=1S/C13H16N4O2S/c1-8-6-20-12(16-8)5-14-11(18)4-10-9(2)13(19)17(3)7-15-10/h6-7H,4-5H2,1-3H3,(H,14,18). The topological polar surface area (TPSA) is 76.9 Å². The number of amides is 1. The van der Waals surface area contributed by atoms with Crippen LogP contribution in [-0.2, 0) is 24.8 Å². The van der Waals surface area contributed by atoms with Crippen molar-refractivity contribution in [2.45, 2.75) is 26.8 Å². The maximum atomic E-state index is 11.9. The zero-order valence-electron chi connectivity index (χ0n) is 11.6. The van der Waals surface area contributed by atoms with Gasteiger partial charge in [-0.25, -0.2) is 9.97 Å². The summed E-state index contributed by atoms with van der Waals surface area (Å²) in [6.07, 6.45) is 1.54. The number of carbonyl (C=O) groups excluding carboxylic acids is 1. The lowest BCUT2D eigenvalue weighted by atomic mass is 10.2. The lowest BCUT2D eigenvalue weighted by molar-refractivity contribution is -0.120. The van der Waals surface area contributed by atoms with Gasteiger partial charge in [0.05, 0.1) is 25.0 Å². The van der Waals surface area contributed by atoms with Gasteiger partial charge in [-0.1, -0.05) is 0 Å². The molecule has 2 heterocycles. The number of nitrogens with zero attached hydrogens (tertiary/aromatic N) is 3. The average Bonchev–Trinajstić information content (AvgIpc) is 2.83. The minimum Gasteiger partial charge on any atom is -0.349 e. The SMILES string of the molecule is Cc1csc(CNC(=O)Cc2ncn(C)c(=O)c2C)n1. The summed E-state index contributed by atoms with van der Waals surface area (Å²) in [6.45, 7) is 4.00. The van der Waals surface area contributed by atoms with Crippen LogP contribution in [0.3, 0.4) is 0 Å². The van der Waals surface area contributed by atoms with Crippen molar-refractivity contribution >= 4 is 17.2 Å². The molecule has 0 spiro atoms. The first-order chi connectivity index (χ1) is 9.47. The maximum Gasteiger partial charge on any atom is 0.256 e. The highest BCUT2D eigenvalue weighted by Gasteiger charge is 2.11. The largest absolute Gasteiger partial charge is 0.349 e. The average molecular weight is 292 g/mol. The van der Waals surface area contributed by atoms with Crippen LogP contribution >= 0.6 is 11.3 Å². The number of rotatable bonds is 4. The smallest absolute Gasteiger partial charge is 0.256 e. The van der Waals surface area contributed by atoms with Crippen molar-refractivity contribution in [2.75, 3.05) is 0 Å². The van der Waals surface area contributed by atoms with Crippen LogP contribution in [-0.4, -0.2) is 20.4 Å². The van der Waals surface area contributed by atoms with Gasteiger partial charge in [0.1, 0.15) is 5.01 Å². The van der Waals surface area contributed by atoms with E-state index < -0.39 is 0 Å². The van der Waals surface area contributed by atoms with Crippen molar-refractivity contribution in [3.8, 4) is 0 Å². The molecule has 1 N–H and O–H groups in total. The fraction of sp³-hybridized carbons (Fsp3) is 0.385. The molecule has 0 aliphatic carbocycles. The van der Waals surface area contributed by atoms with Crippen molar-refractivity contribution in [3.05, 3.63) is 44.0 Å². The van der Waals surface area contributed by atoms with Crippen LogP contribution in [0.5, 0.6) is 0 Å². The van der Waals surface area contributed by atoms with E-state index in [1.807, 2.05) is 12.3 Å². The van der Waals surface area contributed by atoms with Crippen LogP contribution in [0.4, 0.5) is 0 Å². The Labute approximate surface area is 120 Å². The first-order valence-electron chi connectivity index (χ1n) is 6.16. The molecule has 0 aliphatic rings. The summed E-state index contributed by atoms with van der Waals surface area (Å²) in [7, 11) is 1.64. The van der Waals surface area contributed by atoms with Crippen LogP contribution in [0, 0.1) is 13.8 Å². The summed E-state index contributed by atoms with van der Waals surface area (Å²) in [5.41, 5.74) is 1.85. The normalized spacial score (nSPS) is 10.6. The Bertz CT molecular complexity index is 690. The van der Waals surface area contributed by atoms with E-state index in [-0.39, 0.29) is 17.9 Å². The molecule has 20 heavy (non-hydrogen) atoms. The lowest BCUT2D eigenvalue weighted by Crippen LogP contribution is -2.28. The van der Waals surface area contributed by atoms with Gasteiger partial charge >= 0.3 is 0 Å². The molecule has 0 bridgehead atoms. The zero-order valence-corrected chi connectivity index (χ0v) is 12.5. The molecule has 0 saturated carbocycles. The van der Waals surface area contributed by atoms with E-state index in [2.05, 4.69) is 15.3 Å². The van der Waals surface area contributed by atoms with Crippen LogP contribution in [0.1, 0.15) is 22.0 Å². The summed E-state index contributed by atoms with van der Waals surface area (Å²) in [4.78, 5) is 32.0. The molecule has 6 nitrogen and oxygen atoms in total. The van der Waals surface area contributed by atoms with Crippen molar-refractivity contribution in [3.63, 3.8) is 0 Å². The molecule has 2 aromatic heterocycles.